The highest BCUT2D eigenvalue weighted by Gasteiger charge is 2.21. The molecule has 1 unspecified atom stereocenters. The van der Waals surface area contributed by atoms with E-state index >= 15 is 0 Å². The summed E-state index contributed by atoms with van der Waals surface area (Å²) in [5.41, 5.74) is 8.70. The van der Waals surface area contributed by atoms with Gasteiger partial charge >= 0.3 is 0 Å². The fraction of sp³-hybridized carbons (Fsp3) is 0.348. The van der Waals surface area contributed by atoms with E-state index in [1.807, 2.05) is 63.7 Å². The van der Waals surface area contributed by atoms with Gasteiger partial charge in [0.25, 0.3) is 0 Å². The summed E-state index contributed by atoms with van der Waals surface area (Å²) in [6, 6.07) is 16.1. The van der Waals surface area contributed by atoms with Crippen LogP contribution >= 0.6 is 0 Å². The molecule has 14 nitrogen and oxygen atoms in total. The van der Waals surface area contributed by atoms with Crippen molar-refractivity contribution in [3.8, 4) is 0 Å². The number of pyridine rings is 2. The molecule has 4 N–H and O–H groups in total. The summed E-state index contributed by atoms with van der Waals surface area (Å²) in [7, 11) is 0. The second kappa shape index (κ2) is 15.7. The fourth-order valence-electron chi connectivity index (χ4n) is 9.41. The second-order valence-corrected chi connectivity index (χ2v) is 16.2. The van der Waals surface area contributed by atoms with Gasteiger partial charge in [-0.1, -0.05) is 20.3 Å². The first-order valence-electron chi connectivity index (χ1n) is 21.4. The lowest BCUT2D eigenvalue weighted by atomic mass is 10.0. The Labute approximate surface area is 345 Å². The molecule has 7 heterocycles. The van der Waals surface area contributed by atoms with Crippen LogP contribution in [0, 0.1) is 0 Å². The third kappa shape index (κ3) is 6.41. The van der Waals surface area contributed by atoms with Crippen LogP contribution in [-0.2, 0) is 0 Å². The SMILES string of the molecule is CC(CCN1CCCCC1)Nc1ccc2ncn3c4ccc5[nH]ncc5c4c(=O)c1c23.CCN(CC)CCCNc1ccc2ncn3c4ccc5[nH]ncc5c4c(=O)c1c23. The molecule has 0 amide bonds. The standard InChI is InChI=1S/C24H26N6O.C22H24N6O/c1-15(9-12-29-10-3-2-4-11-29)27-18-5-6-19-23-22(18)24(31)21-16-13-26-28-17(16)7-8-20(21)30(23)14-25-19;1-3-27(4-2)11-5-10-23-16-6-7-17-21-20(16)22(29)19-14-12-25-26-15(14)8-9-18(19)28(21)13-24-17/h5-8,13-15,27H,2-4,9-12H2,1H3,(H,26,28);6-9,12-13,23H,3-5,10-11H2,1-2H3,(H,25,26). The van der Waals surface area contributed by atoms with E-state index in [1.165, 1.54) is 32.4 Å². The van der Waals surface area contributed by atoms with Crippen LogP contribution < -0.4 is 21.5 Å². The average molecular weight is 803 g/mol. The first kappa shape index (κ1) is 37.9. The molecule has 1 atom stereocenters. The van der Waals surface area contributed by atoms with Crippen molar-refractivity contribution < 1.29 is 0 Å². The van der Waals surface area contributed by atoms with Gasteiger partial charge in [0.1, 0.15) is 12.7 Å². The normalized spacial score (nSPS) is 14.5. The van der Waals surface area contributed by atoms with E-state index in [0.29, 0.717) is 21.5 Å². The number of imidazole rings is 2. The third-order valence-corrected chi connectivity index (χ3v) is 12.6. The minimum Gasteiger partial charge on any atom is -0.384 e. The van der Waals surface area contributed by atoms with Crippen molar-refractivity contribution in [3.63, 3.8) is 0 Å². The molecule has 1 fully saturated rings. The summed E-state index contributed by atoms with van der Waals surface area (Å²) in [5.74, 6) is 0. The van der Waals surface area contributed by atoms with Crippen molar-refractivity contribution in [1.29, 1.82) is 0 Å². The maximum atomic E-state index is 13.8. The van der Waals surface area contributed by atoms with Crippen molar-refractivity contribution >= 4 is 87.8 Å². The van der Waals surface area contributed by atoms with Crippen LogP contribution in [0.3, 0.4) is 0 Å². The topological polar surface area (TPSA) is 157 Å². The van der Waals surface area contributed by atoms with Gasteiger partial charge in [0.05, 0.1) is 78.1 Å². The van der Waals surface area contributed by atoms with E-state index in [-0.39, 0.29) is 16.9 Å². The van der Waals surface area contributed by atoms with Crippen molar-refractivity contribution in [1.82, 2.24) is 49.0 Å². The van der Waals surface area contributed by atoms with Crippen LogP contribution in [0.5, 0.6) is 0 Å². The lowest BCUT2D eigenvalue weighted by Gasteiger charge is -2.28. The first-order valence-corrected chi connectivity index (χ1v) is 21.4. The van der Waals surface area contributed by atoms with Gasteiger partial charge in [0, 0.05) is 41.3 Å². The number of aromatic nitrogens is 8. The number of aromatic amines is 2. The number of hydrogen-bond acceptors (Lipinski definition) is 10. The quantitative estimate of drug-likeness (QED) is 0.0723. The number of nitrogens with one attached hydrogen (secondary N) is 4. The number of fused-ring (bicyclic) bond motifs is 8. The Morgan fingerprint density at radius 3 is 1.87 bits per heavy atom. The Bertz CT molecular complexity index is 3250. The molecule has 1 aliphatic heterocycles. The Kier molecular flexibility index (Phi) is 9.88. The van der Waals surface area contributed by atoms with Crippen molar-refractivity contribution in [3.05, 3.63) is 94.0 Å². The summed E-state index contributed by atoms with van der Waals surface area (Å²) in [6.07, 6.45) is 13.1. The van der Waals surface area contributed by atoms with Crippen LogP contribution in [0.1, 0.15) is 52.9 Å². The Balaban J connectivity index is 0.000000145. The molecule has 306 valence electrons. The smallest absolute Gasteiger partial charge is 0.200 e. The number of H-pyrrole nitrogens is 2. The molecule has 4 aromatic carbocycles. The van der Waals surface area contributed by atoms with Crippen LogP contribution in [0.4, 0.5) is 11.4 Å². The highest BCUT2D eigenvalue weighted by atomic mass is 16.1. The zero-order valence-corrected chi connectivity index (χ0v) is 34.4. The molecular weight excluding hydrogens is 753 g/mol. The predicted octanol–water partition coefficient (Wildman–Crippen LogP) is 7.45. The van der Waals surface area contributed by atoms with E-state index in [0.717, 1.165) is 112 Å². The molecule has 0 spiro atoms. The third-order valence-electron chi connectivity index (χ3n) is 12.6. The molecule has 14 heteroatoms. The maximum Gasteiger partial charge on any atom is 0.200 e. The zero-order chi connectivity index (χ0) is 40.9. The van der Waals surface area contributed by atoms with Gasteiger partial charge in [0.15, 0.2) is 10.9 Å². The lowest BCUT2D eigenvalue weighted by Crippen LogP contribution is -2.33. The largest absolute Gasteiger partial charge is 0.384 e. The minimum atomic E-state index is 0.0249. The molecular formula is C46H50N12O2. The number of benzene rings is 4. The number of hydrogen-bond donors (Lipinski definition) is 4. The number of nitrogens with zero attached hydrogens (tertiary/aromatic N) is 8. The summed E-state index contributed by atoms with van der Waals surface area (Å²) in [5, 5.41) is 25.8. The van der Waals surface area contributed by atoms with Crippen LogP contribution in [-0.4, -0.2) is 101 Å². The number of anilines is 2. The molecule has 1 aliphatic rings. The van der Waals surface area contributed by atoms with E-state index in [1.54, 1.807) is 18.7 Å². The van der Waals surface area contributed by atoms with Gasteiger partial charge in [-0.2, -0.15) is 10.2 Å². The van der Waals surface area contributed by atoms with Gasteiger partial charge < -0.3 is 20.4 Å². The molecule has 0 radical (unpaired) electrons. The molecule has 11 rings (SSSR count). The monoisotopic (exact) mass is 802 g/mol. The van der Waals surface area contributed by atoms with E-state index in [2.05, 4.69) is 71.6 Å². The van der Waals surface area contributed by atoms with Gasteiger partial charge in [-0.3, -0.25) is 28.6 Å². The van der Waals surface area contributed by atoms with Crippen molar-refractivity contribution in [2.75, 3.05) is 56.4 Å². The van der Waals surface area contributed by atoms with Crippen molar-refractivity contribution in [2.45, 2.75) is 58.9 Å². The zero-order valence-electron chi connectivity index (χ0n) is 34.4. The summed E-state index contributed by atoms with van der Waals surface area (Å²) in [4.78, 5) is 41.5. The van der Waals surface area contributed by atoms with Gasteiger partial charge in [-0.05, 0) is 114 Å². The molecule has 1 saturated heterocycles. The Morgan fingerprint density at radius 2 is 1.28 bits per heavy atom. The number of likely N-dealkylation sites (tertiary alicyclic amines) is 1. The van der Waals surface area contributed by atoms with E-state index < -0.39 is 0 Å². The molecule has 60 heavy (non-hydrogen) atoms. The predicted molar refractivity (Wildman–Crippen MR) is 244 cm³/mol. The van der Waals surface area contributed by atoms with Crippen LogP contribution in [0.15, 0.2) is 83.2 Å². The summed E-state index contributed by atoms with van der Waals surface area (Å²) >= 11 is 0. The minimum absolute atomic E-state index is 0.0249. The molecule has 10 aromatic rings. The van der Waals surface area contributed by atoms with Crippen LogP contribution in [0.2, 0.25) is 0 Å². The highest BCUT2D eigenvalue weighted by Crippen LogP contribution is 2.33. The molecule has 6 aromatic heterocycles. The maximum absolute atomic E-state index is 13.8. The Hall–Kier alpha value is -6.38. The highest BCUT2D eigenvalue weighted by molar-refractivity contribution is 6.14. The van der Waals surface area contributed by atoms with Gasteiger partial charge in [0.2, 0.25) is 0 Å². The van der Waals surface area contributed by atoms with Crippen LogP contribution in [0.25, 0.3) is 76.5 Å². The lowest BCUT2D eigenvalue weighted by molar-refractivity contribution is 0.224. The van der Waals surface area contributed by atoms with Gasteiger partial charge in [-0.25, -0.2) is 9.97 Å². The average Bonchev–Trinajstić information content (AvgIpc) is 4.11. The van der Waals surface area contributed by atoms with Crippen molar-refractivity contribution in [2.24, 2.45) is 0 Å². The summed E-state index contributed by atoms with van der Waals surface area (Å²) < 4.78 is 4.06. The van der Waals surface area contributed by atoms with E-state index in [4.69, 9.17) is 0 Å². The number of rotatable bonds is 12. The molecule has 0 aliphatic carbocycles. The first-order chi connectivity index (χ1) is 29.4. The fourth-order valence-corrected chi connectivity index (χ4v) is 9.41. The van der Waals surface area contributed by atoms with Gasteiger partial charge in [-0.15, -0.1) is 0 Å². The molecule has 0 saturated carbocycles. The molecule has 0 bridgehead atoms. The summed E-state index contributed by atoms with van der Waals surface area (Å²) in [6.45, 7) is 14.1. The second-order valence-electron chi connectivity index (χ2n) is 16.2. The Morgan fingerprint density at radius 1 is 0.717 bits per heavy atom. The van der Waals surface area contributed by atoms with E-state index in [9.17, 15) is 9.59 Å². The number of piperidine rings is 1.